The Bertz CT molecular complexity index is 999. The van der Waals surface area contributed by atoms with Gasteiger partial charge in [0.15, 0.2) is 0 Å². The van der Waals surface area contributed by atoms with Gasteiger partial charge in [-0.25, -0.2) is 4.99 Å². The third-order valence-electron chi connectivity index (χ3n) is 4.00. The van der Waals surface area contributed by atoms with Crippen LogP contribution in [0, 0.1) is 25.2 Å². The number of para-hydroxylation sites is 1. The number of halogens is 1. The Balaban J connectivity index is 1.81. The first-order valence-corrected chi connectivity index (χ1v) is 8.46. The lowest BCUT2D eigenvalue weighted by Crippen LogP contribution is -1.98. The Hall–Kier alpha value is -3.03. The molecule has 1 heterocycles. The van der Waals surface area contributed by atoms with E-state index in [1.54, 1.807) is 6.21 Å². The number of nitriles is 1. The molecule has 0 amide bonds. The molecule has 4 nitrogen and oxygen atoms in total. The first-order chi connectivity index (χ1) is 12.6. The Kier molecular flexibility index (Phi) is 5.40. The summed E-state index contributed by atoms with van der Waals surface area (Å²) in [5.74, 6) is 1.70. The number of rotatable bonds is 5. The van der Waals surface area contributed by atoms with Gasteiger partial charge in [0.2, 0.25) is 5.88 Å². The lowest BCUT2D eigenvalue weighted by molar-refractivity contribution is 0.306. The number of aliphatic imine (C=N–C) groups is 1. The number of ether oxygens (including phenoxy) is 1. The van der Waals surface area contributed by atoms with E-state index in [9.17, 15) is 5.26 Å². The third-order valence-corrected chi connectivity index (χ3v) is 4.24. The normalized spacial score (nSPS) is 10.8. The minimum atomic E-state index is 0.312. The van der Waals surface area contributed by atoms with E-state index >= 15 is 0 Å². The van der Waals surface area contributed by atoms with Crippen LogP contribution in [0.3, 0.4) is 0 Å². The van der Waals surface area contributed by atoms with Crippen molar-refractivity contribution in [2.45, 2.75) is 20.5 Å². The molecule has 0 aliphatic heterocycles. The average molecular weight is 365 g/mol. The topological polar surface area (TPSA) is 58.5 Å². The second kappa shape index (κ2) is 7.90. The summed E-state index contributed by atoms with van der Waals surface area (Å²) in [4.78, 5) is 4.34. The molecule has 0 unspecified atom stereocenters. The average Bonchev–Trinajstić information content (AvgIpc) is 2.92. The van der Waals surface area contributed by atoms with Crippen molar-refractivity contribution in [1.29, 1.82) is 5.26 Å². The maximum Gasteiger partial charge on any atom is 0.237 e. The van der Waals surface area contributed by atoms with Crippen LogP contribution in [0.25, 0.3) is 0 Å². The van der Waals surface area contributed by atoms with E-state index in [1.165, 1.54) is 0 Å². The van der Waals surface area contributed by atoms with Crippen LogP contribution in [0.15, 0.2) is 57.9 Å². The molecule has 2 aromatic carbocycles. The van der Waals surface area contributed by atoms with Gasteiger partial charge in [0.05, 0.1) is 0 Å². The fourth-order valence-electron chi connectivity index (χ4n) is 2.47. The summed E-state index contributed by atoms with van der Waals surface area (Å²) in [7, 11) is 0. The van der Waals surface area contributed by atoms with E-state index in [0.29, 0.717) is 34.6 Å². The molecule has 0 bridgehead atoms. The number of hydrogen-bond acceptors (Lipinski definition) is 4. The highest BCUT2D eigenvalue weighted by Gasteiger charge is 2.13. The molecule has 3 rings (SSSR count). The largest absolute Gasteiger partial charge is 0.488 e. The summed E-state index contributed by atoms with van der Waals surface area (Å²) in [6, 6.07) is 17.2. The fraction of sp³-hybridized carbons (Fsp3) is 0.143. The molecule has 0 atom stereocenters. The quantitative estimate of drug-likeness (QED) is 0.541. The Morgan fingerprint density at radius 3 is 2.77 bits per heavy atom. The van der Waals surface area contributed by atoms with Gasteiger partial charge in [-0.2, -0.15) is 5.26 Å². The Labute approximate surface area is 157 Å². The lowest BCUT2D eigenvalue weighted by atomic mass is 10.2. The van der Waals surface area contributed by atoms with E-state index in [1.807, 2.05) is 62.4 Å². The van der Waals surface area contributed by atoms with E-state index < -0.39 is 0 Å². The zero-order valence-electron chi connectivity index (χ0n) is 14.5. The minimum absolute atomic E-state index is 0.312. The molecular formula is C21H17ClN2O2. The van der Waals surface area contributed by atoms with Gasteiger partial charge < -0.3 is 9.15 Å². The van der Waals surface area contributed by atoms with Crippen molar-refractivity contribution in [3.05, 3.63) is 81.6 Å². The minimum Gasteiger partial charge on any atom is -0.488 e. The van der Waals surface area contributed by atoms with Crippen molar-refractivity contribution in [1.82, 2.24) is 0 Å². The molecule has 0 saturated carbocycles. The van der Waals surface area contributed by atoms with Gasteiger partial charge in [-0.05, 0) is 43.7 Å². The van der Waals surface area contributed by atoms with Crippen LogP contribution < -0.4 is 4.74 Å². The molecule has 0 fully saturated rings. The molecule has 0 saturated heterocycles. The fourth-order valence-corrected chi connectivity index (χ4v) is 2.68. The molecule has 26 heavy (non-hydrogen) atoms. The molecule has 0 spiro atoms. The SMILES string of the molecule is Cc1oc(N=Cc2ccccc2OCc2cccc(Cl)c2)c(C#N)c1C. The summed E-state index contributed by atoms with van der Waals surface area (Å²) in [5, 5.41) is 9.95. The molecular weight excluding hydrogens is 348 g/mol. The predicted octanol–water partition coefficient (Wildman–Crippen LogP) is 5.75. The van der Waals surface area contributed by atoms with E-state index in [4.69, 9.17) is 20.8 Å². The van der Waals surface area contributed by atoms with E-state index in [-0.39, 0.29) is 0 Å². The highest BCUT2D eigenvalue weighted by molar-refractivity contribution is 6.30. The van der Waals surface area contributed by atoms with Gasteiger partial charge in [-0.3, -0.25) is 0 Å². The molecule has 3 aromatic rings. The smallest absolute Gasteiger partial charge is 0.237 e. The number of hydrogen-bond donors (Lipinski definition) is 0. The highest BCUT2D eigenvalue weighted by Crippen LogP contribution is 2.28. The number of benzene rings is 2. The first kappa shape index (κ1) is 17.8. The van der Waals surface area contributed by atoms with Crippen LogP contribution in [0.1, 0.15) is 28.0 Å². The lowest BCUT2D eigenvalue weighted by Gasteiger charge is -2.09. The van der Waals surface area contributed by atoms with Gasteiger partial charge in [-0.15, -0.1) is 0 Å². The van der Waals surface area contributed by atoms with Crippen molar-refractivity contribution >= 4 is 23.7 Å². The predicted molar refractivity (Wildman–Crippen MR) is 102 cm³/mol. The molecule has 0 aliphatic rings. The highest BCUT2D eigenvalue weighted by atomic mass is 35.5. The number of aryl methyl sites for hydroxylation is 1. The van der Waals surface area contributed by atoms with E-state index in [2.05, 4.69) is 11.1 Å². The van der Waals surface area contributed by atoms with Gasteiger partial charge in [0, 0.05) is 22.4 Å². The monoisotopic (exact) mass is 364 g/mol. The Morgan fingerprint density at radius 1 is 1.19 bits per heavy atom. The zero-order valence-corrected chi connectivity index (χ0v) is 15.2. The molecule has 1 aromatic heterocycles. The molecule has 0 N–H and O–H groups in total. The summed E-state index contributed by atoms with van der Waals surface area (Å²) >= 11 is 6.01. The van der Waals surface area contributed by atoms with Crippen LogP contribution in [0.5, 0.6) is 5.75 Å². The zero-order chi connectivity index (χ0) is 18.5. The standard InChI is InChI=1S/C21H17ClN2O2/c1-14-15(2)26-21(19(14)11-23)24-12-17-7-3-4-9-20(17)25-13-16-6-5-8-18(22)10-16/h3-10,12H,13H2,1-2H3. The first-order valence-electron chi connectivity index (χ1n) is 8.09. The molecule has 5 heteroatoms. The summed E-state index contributed by atoms with van der Waals surface area (Å²) in [6.45, 7) is 4.06. The second-order valence-corrected chi connectivity index (χ2v) is 6.23. The third kappa shape index (κ3) is 3.96. The van der Waals surface area contributed by atoms with Crippen LogP contribution in [-0.4, -0.2) is 6.21 Å². The Morgan fingerprint density at radius 2 is 2.00 bits per heavy atom. The van der Waals surface area contributed by atoms with E-state index in [0.717, 1.165) is 16.7 Å². The van der Waals surface area contributed by atoms with Gasteiger partial charge in [0.25, 0.3) is 0 Å². The van der Waals surface area contributed by atoms with Crippen molar-refractivity contribution < 1.29 is 9.15 Å². The number of nitrogens with zero attached hydrogens (tertiary/aromatic N) is 2. The van der Waals surface area contributed by atoms with Crippen molar-refractivity contribution in [2.24, 2.45) is 4.99 Å². The van der Waals surface area contributed by atoms with Crippen molar-refractivity contribution in [3.8, 4) is 11.8 Å². The van der Waals surface area contributed by atoms with Gasteiger partial charge in [0.1, 0.15) is 29.7 Å². The molecule has 0 aliphatic carbocycles. The number of furan rings is 1. The van der Waals surface area contributed by atoms with Crippen LogP contribution >= 0.6 is 11.6 Å². The maximum absolute atomic E-state index is 9.28. The van der Waals surface area contributed by atoms with Crippen LogP contribution in [-0.2, 0) is 6.61 Å². The van der Waals surface area contributed by atoms with Gasteiger partial charge in [-0.1, -0.05) is 35.9 Å². The van der Waals surface area contributed by atoms with Crippen LogP contribution in [0.4, 0.5) is 5.88 Å². The molecule has 0 radical (unpaired) electrons. The summed E-state index contributed by atoms with van der Waals surface area (Å²) < 4.78 is 11.5. The summed E-state index contributed by atoms with van der Waals surface area (Å²) in [6.07, 6.45) is 1.64. The van der Waals surface area contributed by atoms with Crippen molar-refractivity contribution in [2.75, 3.05) is 0 Å². The molecule has 130 valence electrons. The van der Waals surface area contributed by atoms with Crippen LogP contribution in [0.2, 0.25) is 5.02 Å². The van der Waals surface area contributed by atoms with Crippen molar-refractivity contribution in [3.63, 3.8) is 0 Å². The van der Waals surface area contributed by atoms with Gasteiger partial charge >= 0.3 is 0 Å². The second-order valence-electron chi connectivity index (χ2n) is 5.79. The maximum atomic E-state index is 9.28. The summed E-state index contributed by atoms with van der Waals surface area (Å²) in [5.41, 5.74) is 3.04.